The minimum absolute atomic E-state index is 0.183. The highest BCUT2D eigenvalue weighted by Gasteiger charge is 2.19. The molecule has 23 heavy (non-hydrogen) atoms. The van der Waals surface area contributed by atoms with Gasteiger partial charge in [0, 0.05) is 5.56 Å². The van der Waals surface area contributed by atoms with Crippen LogP contribution in [0.1, 0.15) is 38.4 Å². The molecule has 3 rings (SSSR count). The maximum atomic E-state index is 4.69. The zero-order valence-electron chi connectivity index (χ0n) is 14.4. The Kier molecular flexibility index (Phi) is 4.08. The topological polar surface area (TPSA) is 17.8 Å². The van der Waals surface area contributed by atoms with E-state index in [9.17, 15) is 0 Å². The highest BCUT2D eigenvalue weighted by molar-refractivity contribution is 5.64. The second-order valence-corrected chi connectivity index (χ2v) is 6.74. The Morgan fingerprint density at radius 2 is 1.70 bits per heavy atom. The molecule has 0 N–H and O–H groups in total. The molecule has 0 atom stereocenters. The first-order valence-electron chi connectivity index (χ1n) is 8.24. The van der Waals surface area contributed by atoms with Gasteiger partial charge >= 0.3 is 0 Å². The van der Waals surface area contributed by atoms with Gasteiger partial charge in [0.15, 0.2) is 0 Å². The third kappa shape index (κ3) is 3.07. The van der Waals surface area contributed by atoms with Gasteiger partial charge in [-0.05, 0) is 48.6 Å². The normalized spacial score (nSPS) is 11.7. The fourth-order valence-electron chi connectivity index (χ4n) is 2.77. The summed E-state index contributed by atoms with van der Waals surface area (Å²) in [6.07, 6.45) is 1.12. The van der Waals surface area contributed by atoms with Crippen LogP contribution in [0.2, 0.25) is 0 Å². The number of aryl methyl sites for hydroxylation is 1. The molecular formula is C21H24N2. The van der Waals surface area contributed by atoms with Crippen molar-refractivity contribution in [1.29, 1.82) is 0 Å². The van der Waals surface area contributed by atoms with Gasteiger partial charge in [-0.25, -0.2) is 4.68 Å². The summed E-state index contributed by atoms with van der Waals surface area (Å²) in [6, 6.07) is 21.3. The first-order chi connectivity index (χ1) is 11.0. The van der Waals surface area contributed by atoms with E-state index in [2.05, 4.69) is 68.3 Å². The lowest BCUT2D eigenvalue weighted by Gasteiger charge is -2.24. The van der Waals surface area contributed by atoms with Crippen LogP contribution >= 0.6 is 0 Å². The van der Waals surface area contributed by atoms with Crippen molar-refractivity contribution in [2.75, 3.05) is 0 Å². The van der Waals surface area contributed by atoms with Gasteiger partial charge in [-0.15, -0.1) is 0 Å². The second-order valence-electron chi connectivity index (χ2n) is 6.74. The quantitative estimate of drug-likeness (QED) is 0.619. The number of hydrogen-bond acceptors (Lipinski definition) is 1. The number of para-hydroxylation sites is 1. The largest absolute Gasteiger partial charge is 0.233 e. The van der Waals surface area contributed by atoms with E-state index in [0.29, 0.717) is 0 Å². The smallest absolute Gasteiger partial charge is 0.0743 e. The van der Waals surface area contributed by atoms with Gasteiger partial charge in [0.25, 0.3) is 0 Å². The third-order valence-corrected chi connectivity index (χ3v) is 4.66. The fourth-order valence-corrected chi connectivity index (χ4v) is 2.77. The standard InChI is InChI=1S/C21H24N2/c1-5-21(3,4)18-11-9-10-17(15-18)20-14-16(2)22-23(20)19-12-7-6-8-13-19/h6-15H,5H2,1-4H3. The lowest BCUT2D eigenvalue weighted by atomic mass is 9.81. The number of nitrogens with zero attached hydrogens (tertiary/aromatic N) is 2. The molecule has 0 aliphatic heterocycles. The van der Waals surface area contributed by atoms with Gasteiger partial charge in [-0.1, -0.05) is 57.2 Å². The van der Waals surface area contributed by atoms with Gasteiger partial charge in [0.1, 0.15) is 0 Å². The molecule has 0 bridgehead atoms. The summed E-state index contributed by atoms with van der Waals surface area (Å²) in [5, 5.41) is 4.69. The Hall–Kier alpha value is -2.35. The van der Waals surface area contributed by atoms with Crippen molar-refractivity contribution >= 4 is 0 Å². The monoisotopic (exact) mass is 304 g/mol. The van der Waals surface area contributed by atoms with E-state index in [4.69, 9.17) is 0 Å². The molecule has 0 saturated heterocycles. The third-order valence-electron chi connectivity index (χ3n) is 4.66. The lowest BCUT2D eigenvalue weighted by molar-refractivity contribution is 0.506. The molecule has 2 aromatic carbocycles. The van der Waals surface area contributed by atoms with Gasteiger partial charge in [-0.2, -0.15) is 5.10 Å². The van der Waals surface area contributed by atoms with Crippen LogP contribution in [-0.4, -0.2) is 9.78 Å². The van der Waals surface area contributed by atoms with Crippen LogP contribution in [-0.2, 0) is 5.41 Å². The van der Waals surface area contributed by atoms with E-state index in [-0.39, 0.29) is 5.41 Å². The van der Waals surface area contributed by atoms with Crippen molar-refractivity contribution in [2.45, 2.75) is 39.5 Å². The second kappa shape index (κ2) is 6.04. The highest BCUT2D eigenvalue weighted by Crippen LogP contribution is 2.31. The van der Waals surface area contributed by atoms with Crippen LogP contribution in [0.4, 0.5) is 0 Å². The van der Waals surface area contributed by atoms with E-state index in [1.807, 2.05) is 29.8 Å². The van der Waals surface area contributed by atoms with Crippen LogP contribution in [0, 0.1) is 6.92 Å². The molecule has 2 heteroatoms. The Bertz CT molecular complexity index is 798. The van der Waals surface area contributed by atoms with E-state index < -0.39 is 0 Å². The van der Waals surface area contributed by atoms with Crippen LogP contribution in [0.25, 0.3) is 16.9 Å². The fraction of sp³-hybridized carbons (Fsp3) is 0.286. The van der Waals surface area contributed by atoms with Gasteiger partial charge in [-0.3, -0.25) is 0 Å². The van der Waals surface area contributed by atoms with Crippen molar-refractivity contribution < 1.29 is 0 Å². The van der Waals surface area contributed by atoms with Gasteiger partial charge < -0.3 is 0 Å². The number of hydrogen-bond donors (Lipinski definition) is 0. The molecule has 0 saturated carbocycles. The molecule has 0 radical (unpaired) electrons. The minimum Gasteiger partial charge on any atom is -0.233 e. The van der Waals surface area contributed by atoms with Crippen LogP contribution in [0.5, 0.6) is 0 Å². The van der Waals surface area contributed by atoms with Crippen LogP contribution in [0.3, 0.4) is 0 Å². The van der Waals surface area contributed by atoms with E-state index in [0.717, 1.165) is 23.5 Å². The SMILES string of the molecule is CCC(C)(C)c1cccc(-c2cc(C)nn2-c2ccccc2)c1. The molecule has 1 aromatic heterocycles. The van der Waals surface area contributed by atoms with Gasteiger partial charge in [0.05, 0.1) is 17.1 Å². The molecule has 0 aliphatic carbocycles. The zero-order valence-corrected chi connectivity index (χ0v) is 14.4. The van der Waals surface area contributed by atoms with E-state index in [1.165, 1.54) is 11.1 Å². The summed E-state index contributed by atoms with van der Waals surface area (Å²) in [7, 11) is 0. The average molecular weight is 304 g/mol. The zero-order chi connectivity index (χ0) is 16.4. The number of aromatic nitrogens is 2. The number of benzene rings is 2. The Morgan fingerprint density at radius 1 is 0.957 bits per heavy atom. The first kappa shape index (κ1) is 15.5. The molecule has 0 amide bonds. The Morgan fingerprint density at radius 3 is 2.39 bits per heavy atom. The van der Waals surface area contributed by atoms with Crippen molar-refractivity contribution in [3.63, 3.8) is 0 Å². The summed E-state index contributed by atoms with van der Waals surface area (Å²) in [5.41, 5.74) is 6.04. The first-order valence-corrected chi connectivity index (χ1v) is 8.24. The van der Waals surface area contributed by atoms with Crippen molar-refractivity contribution in [1.82, 2.24) is 9.78 Å². The molecule has 0 aliphatic rings. The molecule has 3 aromatic rings. The predicted octanol–water partition coefficient (Wildman–Crippen LogP) is 5.54. The Balaban J connectivity index is 2.12. The van der Waals surface area contributed by atoms with Crippen molar-refractivity contribution in [3.05, 3.63) is 71.9 Å². The molecule has 0 fully saturated rings. The summed E-state index contributed by atoms with van der Waals surface area (Å²) >= 11 is 0. The summed E-state index contributed by atoms with van der Waals surface area (Å²) in [4.78, 5) is 0. The molecule has 2 nitrogen and oxygen atoms in total. The van der Waals surface area contributed by atoms with Crippen LogP contribution in [0.15, 0.2) is 60.7 Å². The van der Waals surface area contributed by atoms with E-state index in [1.54, 1.807) is 0 Å². The molecule has 0 unspecified atom stereocenters. The molecular weight excluding hydrogens is 280 g/mol. The van der Waals surface area contributed by atoms with Crippen LogP contribution < -0.4 is 0 Å². The lowest BCUT2D eigenvalue weighted by Crippen LogP contribution is -2.15. The molecule has 1 heterocycles. The average Bonchev–Trinajstić information content (AvgIpc) is 2.98. The minimum atomic E-state index is 0.183. The summed E-state index contributed by atoms with van der Waals surface area (Å²) < 4.78 is 2.04. The summed E-state index contributed by atoms with van der Waals surface area (Å²) in [5.74, 6) is 0. The number of rotatable bonds is 4. The Labute approximate surface area is 138 Å². The van der Waals surface area contributed by atoms with Crippen molar-refractivity contribution in [3.8, 4) is 16.9 Å². The predicted molar refractivity (Wildman–Crippen MR) is 97.1 cm³/mol. The van der Waals surface area contributed by atoms with Gasteiger partial charge in [0.2, 0.25) is 0 Å². The molecule has 118 valence electrons. The molecule has 0 spiro atoms. The maximum Gasteiger partial charge on any atom is 0.0743 e. The van der Waals surface area contributed by atoms with Crippen molar-refractivity contribution in [2.24, 2.45) is 0 Å². The highest BCUT2D eigenvalue weighted by atomic mass is 15.3. The van der Waals surface area contributed by atoms with E-state index >= 15 is 0 Å². The summed E-state index contributed by atoms with van der Waals surface area (Å²) in [6.45, 7) is 8.88. The maximum absolute atomic E-state index is 4.69.